The summed E-state index contributed by atoms with van der Waals surface area (Å²) in [5.41, 5.74) is 2.26. The number of thiazole rings is 1. The Balaban J connectivity index is 1.39. The predicted molar refractivity (Wildman–Crippen MR) is 152 cm³/mol. The summed E-state index contributed by atoms with van der Waals surface area (Å²) in [4.78, 5) is 40.9. The van der Waals surface area contributed by atoms with Crippen molar-refractivity contribution in [1.82, 2.24) is 10.3 Å². The van der Waals surface area contributed by atoms with Gasteiger partial charge in [-0.25, -0.2) is 14.6 Å². The summed E-state index contributed by atoms with van der Waals surface area (Å²) >= 11 is 7.24. The summed E-state index contributed by atoms with van der Waals surface area (Å²) in [6, 6.07) is 19.5. The standard InChI is InChI=1S/C28H25ClN4O5S/c1-16(2)24(27(35)36)33-25(34)26-31-22(15-39-26)17-8-11-19(12-9-17)30-28(37)32-21-13-10-18(29)14-23(21)38-20-6-4-3-5-7-20/h3-16,24H,1-2H3,(H,33,34)(H,35,36)(H2,30,32,37). The minimum Gasteiger partial charge on any atom is -0.480 e. The van der Waals surface area contributed by atoms with Crippen LogP contribution < -0.4 is 20.7 Å². The van der Waals surface area contributed by atoms with Gasteiger partial charge in [-0.05, 0) is 42.3 Å². The minimum atomic E-state index is -1.10. The van der Waals surface area contributed by atoms with Crippen LogP contribution in [0.15, 0.2) is 78.2 Å². The van der Waals surface area contributed by atoms with E-state index in [0.29, 0.717) is 33.6 Å². The van der Waals surface area contributed by atoms with Crippen LogP contribution in [-0.4, -0.2) is 34.0 Å². The third-order valence-corrected chi connectivity index (χ3v) is 6.60. The molecule has 0 aliphatic rings. The molecule has 0 saturated heterocycles. The van der Waals surface area contributed by atoms with Crippen molar-refractivity contribution >= 4 is 52.2 Å². The van der Waals surface area contributed by atoms with E-state index in [1.165, 1.54) is 0 Å². The second-order valence-corrected chi connectivity index (χ2v) is 10.1. The van der Waals surface area contributed by atoms with Crippen LogP contribution in [0, 0.1) is 5.92 Å². The Labute approximate surface area is 233 Å². The van der Waals surface area contributed by atoms with Crippen molar-refractivity contribution in [2.45, 2.75) is 19.9 Å². The zero-order valence-corrected chi connectivity index (χ0v) is 22.5. The van der Waals surface area contributed by atoms with E-state index in [0.717, 1.165) is 16.9 Å². The summed E-state index contributed by atoms with van der Waals surface area (Å²) in [6.45, 7) is 3.43. The van der Waals surface area contributed by atoms with E-state index in [9.17, 15) is 19.5 Å². The Morgan fingerprint density at radius 2 is 1.69 bits per heavy atom. The molecule has 3 amide bonds. The Bertz CT molecular complexity index is 1480. The fourth-order valence-electron chi connectivity index (χ4n) is 3.54. The van der Waals surface area contributed by atoms with Gasteiger partial charge in [0.2, 0.25) is 0 Å². The second kappa shape index (κ2) is 12.4. The summed E-state index contributed by atoms with van der Waals surface area (Å²) in [5, 5.41) is 19.7. The van der Waals surface area contributed by atoms with E-state index >= 15 is 0 Å². The van der Waals surface area contributed by atoms with Gasteiger partial charge in [-0.1, -0.05) is 55.8 Å². The van der Waals surface area contributed by atoms with Gasteiger partial charge in [0, 0.05) is 27.7 Å². The number of carbonyl (C=O) groups is 3. The molecule has 0 aliphatic heterocycles. The number of carboxylic acids is 1. The molecule has 9 nitrogen and oxygen atoms in total. The van der Waals surface area contributed by atoms with Crippen molar-refractivity contribution < 1.29 is 24.2 Å². The van der Waals surface area contributed by atoms with E-state index in [1.54, 1.807) is 73.8 Å². The van der Waals surface area contributed by atoms with Crippen LogP contribution in [-0.2, 0) is 4.79 Å². The first-order valence-corrected chi connectivity index (χ1v) is 13.2. The summed E-state index contributed by atoms with van der Waals surface area (Å²) in [6.07, 6.45) is 0. The number of benzene rings is 3. The van der Waals surface area contributed by atoms with Gasteiger partial charge in [0.25, 0.3) is 5.91 Å². The molecule has 1 unspecified atom stereocenters. The summed E-state index contributed by atoms with van der Waals surface area (Å²) < 4.78 is 5.88. The van der Waals surface area contributed by atoms with Crippen molar-refractivity contribution in [3.05, 3.63) is 88.2 Å². The molecule has 4 N–H and O–H groups in total. The quantitative estimate of drug-likeness (QED) is 0.178. The third-order valence-electron chi connectivity index (χ3n) is 5.52. The van der Waals surface area contributed by atoms with E-state index in [-0.39, 0.29) is 10.9 Å². The molecule has 0 saturated carbocycles. The lowest BCUT2D eigenvalue weighted by molar-refractivity contribution is -0.140. The molecule has 3 aromatic carbocycles. The fraction of sp³-hybridized carbons (Fsp3) is 0.143. The lowest BCUT2D eigenvalue weighted by Crippen LogP contribution is -2.44. The first kappa shape index (κ1) is 27.6. The molecule has 0 fully saturated rings. The first-order chi connectivity index (χ1) is 18.7. The van der Waals surface area contributed by atoms with Gasteiger partial charge in [0.05, 0.1) is 11.4 Å². The lowest BCUT2D eigenvalue weighted by atomic mass is 10.1. The highest BCUT2D eigenvalue weighted by Gasteiger charge is 2.25. The molecule has 0 spiro atoms. The zero-order valence-electron chi connectivity index (χ0n) is 21.0. The maximum absolute atomic E-state index is 12.7. The van der Waals surface area contributed by atoms with Gasteiger partial charge in [0.15, 0.2) is 10.8 Å². The highest BCUT2D eigenvalue weighted by Crippen LogP contribution is 2.32. The van der Waals surface area contributed by atoms with Gasteiger partial charge < -0.3 is 25.8 Å². The van der Waals surface area contributed by atoms with Gasteiger partial charge in [0.1, 0.15) is 11.8 Å². The van der Waals surface area contributed by atoms with Gasteiger partial charge >= 0.3 is 12.0 Å². The first-order valence-electron chi connectivity index (χ1n) is 11.9. The molecule has 4 rings (SSSR count). The number of hydrogen-bond acceptors (Lipinski definition) is 6. The number of nitrogens with zero attached hydrogens (tertiary/aromatic N) is 1. The Hall–Kier alpha value is -4.41. The van der Waals surface area contributed by atoms with Crippen molar-refractivity contribution in [2.75, 3.05) is 10.6 Å². The molecule has 11 heteroatoms. The number of hydrogen-bond donors (Lipinski definition) is 4. The topological polar surface area (TPSA) is 130 Å². The van der Waals surface area contributed by atoms with Crippen LogP contribution >= 0.6 is 22.9 Å². The van der Waals surface area contributed by atoms with Crippen LogP contribution in [0.3, 0.4) is 0 Å². The van der Waals surface area contributed by atoms with Crippen molar-refractivity contribution in [2.24, 2.45) is 5.92 Å². The van der Waals surface area contributed by atoms with Crippen LogP contribution in [0.2, 0.25) is 5.02 Å². The van der Waals surface area contributed by atoms with Crippen molar-refractivity contribution in [3.8, 4) is 22.8 Å². The van der Waals surface area contributed by atoms with E-state index < -0.39 is 23.9 Å². The molecular weight excluding hydrogens is 540 g/mol. The van der Waals surface area contributed by atoms with Crippen molar-refractivity contribution in [1.29, 1.82) is 0 Å². The number of carboxylic acid groups (broad SMARTS) is 1. The number of urea groups is 1. The molecule has 200 valence electrons. The largest absolute Gasteiger partial charge is 0.480 e. The van der Waals surface area contributed by atoms with E-state index in [2.05, 4.69) is 20.9 Å². The normalized spacial score (nSPS) is 11.5. The molecule has 0 radical (unpaired) electrons. The number of rotatable bonds is 9. The van der Waals surface area contributed by atoms with Gasteiger partial charge in [-0.2, -0.15) is 0 Å². The maximum Gasteiger partial charge on any atom is 0.326 e. The van der Waals surface area contributed by atoms with Crippen LogP contribution in [0.4, 0.5) is 16.2 Å². The van der Waals surface area contributed by atoms with Gasteiger partial charge in [-0.3, -0.25) is 4.79 Å². The van der Waals surface area contributed by atoms with E-state index in [1.807, 2.05) is 18.2 Å². The highest BCUT2D eigenvalue weighted by molar-refractivity contribution is 7.12. The number of carbonyl (C=O) groups excluding carboxylic acids is 2. The second-order valence-electron chi connectivity index (χ2n) is 8.78. The number of amides is 3. The fourth-order valence-corrected chi connectivity index (χ4v) is 4.43. The molecule has 1 heterocycles. The van der Waals surface area contributed by atoms with Crippen molar-refractivity contribution in [3.63, 3.8) is 0 Å². The minimum absolute atomic E-state index is 0.162. The predicted octanol–water partition coefficient (Wildman–Crippen LogP) is 6.74. The SMILES string of the molecule is CC(C)C(NC(=O)c1nc(-c2ccc(NC(=O)Nc3ccc(Cl)cc3Oc3ccccc3)cc2)cs1)C(=O)O. The average molecular weight is 565 g/mol. The van der Waals surface area contributed by atoms with Crippen LogP contribution in [0.1, 0.15) is 23.6 Å². The molecule has 0 bridgehead atoms. The molecule has 1 atom stereocenters. The molecule has 39 heavy (non-hydrogen) atoms. The monoisotopic (exact) mass is 564 g/mol. The number of ether oxygens (including phenoxy) is 1. The number of para-hydroxylation sites is 1. The Kier molecular flexibility index (Phi) is 8.80. The van der Waals surface area contributed by atoms with E-state index in [4.69, 9.17) is 16.3 Å². The Morgan fingerprint density at radius 1 is 0.974 bits per heavy atom. The number of aliphatic carboxylic acids is 1. The van der Waals surface area contributed by atoms with Crippen LogP contribution in [0.25, 0.3) is 11.3 Å². The molecular formula is C28H25ClN4O5S. The Morgan fingerprint density at radius 3 is 2.36 bits per heavy atom. The summed E-state index contributed by atoms with van der Waals surface area (Å²) in [5.74, 6) is -0.919. The molecule has 4 aromatic rings. The number of halogens is 1. The van der Waals surface area contributed by atoms with Crippen LogP contribution in [0.5, 0.6) is 11.5 Å². The highest BCUT2D eigenvalue weighted by atomic mass is 35.5. The number of nitrogens with one attached hydrogen (secondary N) is 3. The smallest absolute Gasteiger partial charge is 0.326 e. The third kappa shape index (κ3) is 7.34. The van der Waals surface area contributed by atoms with Gasteiger partial charge in [-0.15, -0.1) is 11.3 Å². The number of aromatic nitrogens is 1. The average Bonchev–Trinajstić information content (AvgIpc) is 3.40. The molecule has 0 aliphatic carbocycles. The molecule has 1 aromatic heterocycles. The summed E-state index contributed by atoms with van der Waals surface area (Å²) in [7, 11) is 0. The lowest BCUT2D eigenvalue weighted by Gasteiger charge is -2.16. The maximum atomic E-state index is 12.7. The number of anilines is 2. The zero-order chi connectivity index (χ0) is 27.9.